The molecule has 6 nitrogen and oxygen atoms in total. The molecule has 2 atom stereocenters. The Kier molecular flexibility index (Phi) is 5.51. The van der Waals surface area contributed by atoms with Gasteiger partial charge in [0, 0.05) is 0 Å². The van der Waals surface area contributed by atoms with Crippen molar-refractivity contribution in [1.29, 1.82) is 0 Å². The number of carbonyl (C=O) groups is 2. The first-order chi connectivity index (χ1) is 10.5. The molecule has 0 saturated carbocycles. The second-order valence-electron chi connectivity index (χ2n) is 5.63. The third-order valence-corrected chi connectivity index (χ3v) is 3.86. The number of ketones is 1. The molecule has 1 heterocycles. The Morgan fingerprint density at radius 2 is 1.95 bits per heavy atom. The van der Waals surface area contributed by atoms with E-state index < -0.39 is 0 Å². The maximum atomic E-state index is 11.9. The smallest absolute Gasteiger partial charge is 0.238 e. The van der Waals surface area contributed by atoms with E-state index in [1.165, 1.54) is 18.1 Å². The van der Waals surface area contributed by atoms with Gasteiger partial charge in [-0.2, -0.15) is 0 Å². The highest BCUT2D eigenvalue weighted by Gasteiger charge is 2.31. The molecule has 0 bridgehead atoms. The summed E-state index contributed by atoms with van der Waals surface area (Å²) in [6, 6.07) is 5.25. The van der Waals surface area contributed by atoms with E-state index in [0.717, 1.165) is 5.75 Å². The molecule has 6 heteroatoms. The second-order valence-corrected chi connectivity index (χ2v) is 5.63. The molecule has 1 amide bonds. The maximum Gasteiger partial charge on any atom is 0.238 e. The summed E-state index contributed by atoms with van der Waals surface area (Å²) < 4.78 is 5.61. The number of Topliss-reactive ketones (excluding diaryl/α,β-unsaturated/α-hetero) is 1. The van der Waals surface area contributed by atoms with Crippen LogP contribution in [0.25, 0.3) is 0 Å². The lowest BCUT2D eigenvalue weighted by Gasteiger charge is -2.12. The van der Waals surface area contributed by atoms with E-state index in [1.54, 1.807) is 0 Å². The Labute approximate surface area is 130 Å². The van der Waals surface area contributed by atoms with Crippen molar-refractivity contribution in [2.75, 3.05) is 13.2 Å². The van der Waals surface area contributed by atoms with Crippen LogP contribution in [0.2, 0.25) is 0 Å². The third kappa shape index (κ3) is 4.29. The fourth-order valence-corrected chi connectivity index (χ4v) is 2.26. The zero-order valence-corrected chi connectivity index (χ0v) is 13.2. The van der Waals surface area contributed by atoms with Gasteiger partial charge in [0.05, 0.1) is 12.6 Å². The van der Waals surface area contributed by atoms with Crippen LogP contribution in [0.1, 0.15) is 24.5 Å². The van der Waals surface area contributed by atoms with Gasteiger partial charge >= 0.3 is 0 Å². The lowest BCUT2D eigenvalue weighted by molar-refractivity contribution is -0.123. The van der Waals surface area contributed by atoms with Gasteiger partial charge in [-0.3, -0.25) is 9.59 Å². The van der Waals surface area contributed by atoms with Crippen LogP contribution in [0.15, 0.2) is 18.2 Å². The molecule has 2 rings (SSSR count). The van der Waals surface area contributed by atoms with Gasteiger partial charge in [0.15, 0.2) is 0 Å². The van der Waals surface area contributed by atoms with Crippen LogP contribution < -0.4 is 20.9 Å². The van der Waals surface area contributed by atoms with Gasteiger partial charge in [0.25, 0.3) is 0 Å². The summed E-state index contributed by atoms with van der Waals surface area (Å²) in [5, 5.41) is 2.80. The minimum atomic E-state index is -0.379. The van der Waals surface area contributed by atoms with Crippen LogP contribution in [-0.4, -0.2) is 36.9 Å². The maximum absolute atomic E-state index is 11.9. The number of hydrogen-bond acceptors (Lipinski definition) is 5. The lowest BCUT2D eigenvalue weighted by Crippen LogP contribution is -2.44. The molecule has 3 N–H and O–H groups in total. The van der Waals surface area contributed by atoms with Gasteiger partial charge in [-0.25, -0.2) is 10.9 Å². The summed E-state index contributed by atoms with van der Waals surface area (Å²) in [6.45, 7) is 6.43. The Balaban J connectivity index is 1.69. The number of hydrazine groups is 1. The molecular weight excluding hydrogens is 282 g/mol. The van der Waals surface area contributed by atoms with Gasteiger partial charge in [-0.05, 0) is 50.5 Å². The van der Waals surface area contributed by atoms with E-state index in [2.05, 4.69) is 23.1 Å². The number of aryl methyl sites for hydroxylation is 2. The molecule has 2 unspecified atom stereocenters. The standard InChI is InChI=1S/C16H23N3O3/c1-10-4-5-13(8-11(10)2)22-7-6-17-16(21)15-9-14(12(3)20)18-19-15/h4-5,8,14-15,18-19H,6-7,9H2,1-3H3,(H,17,21). The van der Waals surface area contributed by atoms with Gasteiger partial charge in [-0.15, -0.1) is 0 Å². The highest BCUT2D eigenvalue weighted by molar-refractivity contribution is 5.86. The normalized spacial score (nSPS) is 20.7. The van der Waals surface area contributed by atoms with Crippen molar-refractivity contribution in [2.24, 2.45) is 0 Å². The highest BCUT2D eigenvalue weighted by Crippen LogP contribution is 2.16. The largest absolute Gasteiger partial charge is 0.492 e. The number of carbonyl (C=O) groups excluding carboxylic acids is 2. The van der Waals surface area contributed by atoms with Gasteiger partial charge in [0.1, 0.15) is 24.2 Å². The average Bonchev–Trinajstić information content (AvgIpc) is 2.97. The number of benzene rings is 1. The molecule has 1 aromatic rings. The Bertz CT molecular complexity index is 560. The van der Waals surface area contributed by atoms with Gasteiger partial charge < -0.3 is 10.1 Å². The van der Waals surface area contributed by atoms with Crippen molar-refractivity contribution < 1.29 is 14.3 Å². The summed E-state index contributed by atoms with van der Waals surface area (Å²) in [6.07, 6.45) is 0.471. The zero-order chi connectivity index (χ0) is 16.1. The second kappa shape index (κ2) is 7.38. The molecule has 1 aliphatic rings. The quantitative estimate of drug-likeness (QED) is 0.672. The van der Waals surface area contributed by atoms with Crippen LogP contribution in [0.5, 0.6) is 5.75 Å². The Morgan fingerprint density at radius 3 is 2.59 bits per heavy atom. The topological polar surface area (TPSA) is 79.5 Å². The first-order valence-electron chi connectivity index (χ1n) is 7.46. The number of hydrogen-bond donors (Lipinski definition) is 3. The van der Waals surface area contributed by atoms with Crippen molar-refractivity contribution in [3.63, 3.8) is 0 Å². The van der Waals surface area contributed by atoms with Crippen molar-refractivity contribution in [1.82, 2.24) is 16.2 Å². The molecule has 1 aliphatic heterocycles. The molecule has 0 radical (unpaired) electrons. The van der Waals surface area contributed by atoms with E-state index in [4.69, 9.17) is 4.74 Å². The number of ether oxygens (including phenoxy) is 1. The molecule has 22 heavy (non-hydrogen) atoms. The van der Waals surface area contributed by atoms with Crippen LogP contribution in [0.3, 0.4) is 0 Å². The zero-order valence-electron chi connectivity index (χ0n) is 13.2. The number of nitrogens with one attached hydrogen (secondary N) is 3. The summed E-state index contributed by atoms with van der Waals surface area (Å²) in [5.41, 5.74) is 8.06. The SMILES string of the molecule is CC(=O)C1CC(C(=O)NCCOc2ccc(C)c(C)c2)NN1. The summed E-state index contributed by atoms with van der Waals surface area (Å²) in [5.74, 6) is 0.704. The van der Waals surface area contributed by atoms with E-state index >= 15 is 0 Å². The van der Waals surface area contributed by atoms with Crippen molar-refractivity contribution in [2.45, 2.75) is 39.3 Å². The van der Waals surface area contributed by atoms with Crippen LogP contribution >= 0.6 is 0 Å². The first-order valence-corrected chi connectivity index (χ1v) is 7.46. The fourth-order valence-electron chi connectivity index (χ4n) is 2.26. The predicted molar refractivity (Wildman–Crippen MR) is 83.6 cm³/mol. The predicted octanol–water partition coefficient (Wildman–Crippen LogP) is 0.623. The molecule has 120 valence electrons. The van der Waals surface area contributed by atoms with Crippen LogP contribution in [0.4, 0.5) is 0 Å². The lowest BCUT2D eigenvalue weighted by atomic mass is 10.1. The monoisotopic (exact) mass is 305 g/mol. The number of rotatable bonds is 6. The van der Waals surface area contributed by atoms with Crippen molar-refractivity contribution in [3.05, 3.63) is 29.3 Å². The first kappa shape index (κ1) is 16.5. The molecule has 0 aromatic heterocycles. The minimum absolute atomic E-state index is 0.0286. The molecule has 1 aromatic carbocycles. The molecule has 0 spiro atoms. The third-order valence-electron chi connectivity index (χ3n) is 3.86. The Morgan fingerprint density at radius 1 is 1.23 bits per heavy atom. The van der Waals surface area contributed by atoms with Crippen LogP contribution in [0, 0.1) is 13.8 Å². The number of amides is 1. The van der Waals surface area contributed by atoms with Crippen molar-refractivity contribution >= 4 is 11.7 Å². The van der Waals surface area contributed by atoms with E-state index in [0.29, 0.717) is 19.6 Å². The minimum Gasteiger partial charge on any atom is -0.492 e. The average molecular weight is 305 g/mol. The van der Waals surface area contributed by atoms with Gasteiger partial charge in [0.2, 0.25) is 5.91 Å². The van der Waals surface area contributed by atoms with Crippen molar-refractivity contribution in [3.8, 4) is 5.75 Å². The Hall–Kier alpha value is -1.92. The van der Waals surface area contributed by atoms with E-state index in [-0.39, 0.29) is 23.8 Å². The molecule has 1 saturated heterocycles. The van der Waals surface area contributed by atoms with E-state index in [1.807, 2.05) is 25.1 Å². The summed E-state index contributed by atoms with van der Waals surface area (Å²) in [7, 11) is 0. The van der Waals surface area contributed by atoms with Crippen LogP contribution in [-0.2, 0) is 9.59 Å². The summed E-state index contributed by atoms with van der Waals surface area (Å²) >= 11 is 0. The highest BCUT2D eigenvalue weighted by atomic mass is 16.5. The molecular formula is C16H23N3O3. The fraction of sp³-hybridized carbons (Fsp3) is 0.500. The van der Waals surface area contributed by atoms with Gasteiger partial charge in [-0.1, -0.05) is 6.07 Å². The molecule has 0 aliphatic carbocycles. The van der Waals surface area contributed by atoms with E-state index in [9.17, 15) is 9.59 Å². The molecule has 1 fully saturated rings. The summed E-state index contributed by atoms with van der Waals surface area (Å²) in [4.78, 5) is 23.2.